The van der Waals surface area contributed by atoms with Gasteiger partial charge in [0.05, 0.1) is 0 Å². The minimum atomic E-state index is -0.468. The second-order valence-electron chi connectivity index (χ2n) is 6.70. The quantitative estimate of drug-likeness (QED) is 0.579. The van der Waals surface area contributed by atoms with Crippen LogP contribution in [0.1, 0.15) is 32.3 Å². The Labute approximate surface area is 172 Å². The molecule has 150 valence electrons. The Morgan fingerprint density at radius 3 is 2.32 bits per heavy atom. The summed E-state index contributed by atoms with van der Waals surface area (Å²) in [4.78, 5) is 28.2. The molecule has 5 heteroatoms. The Kier molecular flexibility index (Phi) is 9.63. The molecule has 0 aliphatic heterocycles. The Morgan fingerprint density at radius 2 is 1.68 bits per heavy atom. The van der Waals surface area contributed by atoms with Gasteiger partial charge in [0.1, 0.15) is 6.04 Å². The van der Waals surface area contributed by atoms with Gasteiger partial charge in [-0.15, -0.1) is 11.8 Å². The first-order valence-corrected chi connectivity index (χ1v) is 10.9. The van der Waals surface area contributed by atoms with E-state index in [0.717, 1.165) is 17.7 Å². The number of nitrogens with zero attached hydrogens (tertiary/aromatic N) is 1. The second-order valence-corrected chi connectivity index (χ2v) is 7.87. The van der Waals surface area contributed by atoms with Gasteiger partial charge in [0.15, 0.2) is 0 Å². The van der Waals surface area contributed by atoms with Gasteiger partial charge in [-0.05, 0) is 37.5 Å². The zero-order chi connectivity index (χ0) is 20.2. The first-order valence-electron chi connectivity index (χ1n) is 9.90. The molecule has 2 rings (SSSR count). The van der Waals surface area contributed by atoms with Crippen LogP contribution in [0, 0.1) is 0 Å². The van der Waals surface area contributed by atoms with Gasteiger partial charge in [-0.2, -0.15) is 0 Å². The highest BCUT2D eigenvalue weighted by Gasteiger charge is 2.25. The van der Waals surface area contributed by atoms with Crippen LogP contribution < -0.4 is 5.32 Å². The zero-order valence-electron chi connectivity index (χ0n) is 16.8. The Morgan fingerprint density at radius 1 is 1.04 bits per heavy atom. The number of benzene rings is 2. The zero-order valence-corrected chi connectivity index (χ0v) is 17.6. The van der Waals surface area contributed by atoms with Crippen molar-refractivity contribution >= 4 is 23.6 Å². The van der Waals surface area contributed by atoms with Crippen molar-refractivity contribution in [2.45, 2.75) is 44.0 Å². The molecule has 2 aromatic rings. The van der Waals surface area contributed by atoms with Crippen LogP contribution in [0.3, 0.4) is 0 Å². The lowest BCUT2D eigenvalue weighted by atomic mass is 10.1. The average molecular weight is 399 g/mol. The van der Waals surface area contributed by atoms with E-state index in [1.54, 1.807) is 16.7 Å². The van der Waals surface area contributed by atoms with Gasteiger partial charge in [-0.25, -0.2) is 0 Å². The van der Waals surface area contributed by atoms with Crippen LogP contribution in [0.15, 0.2) is 65.6 Å². The van der Waals surface area contributed by atoms with Gasteiger partial charge in [-0.3, -0.25) is 9.59 Å². The summed E-state index contributed by atoms with van der Waals surface area (Å²) >= 11 is 1.67. The number of carbonyl (C=O) groups excluding carboxylic acids is 2. The smallest absolute Gasteiger partial charge is 0.242 e. The third-order valence-corrected chi connectivity index (χ3v) is 5.54. The summed E-state index contributed by atoms with van der Waals surface area (Å²) in [5.41, 5.74) is 1.17. The van der Waals surface area contributed by atoms with E-state index in [-0.39, 0.29) is 11.8 Å². The predicted molar refractivity (Wildman–Crippen MR) is 116 cm³/mol. The molecular formula is C23H30N2O2S. The average Bonchev–Trinajstić information content (AvgIpc) is 2.73. The molecule has 1 atom stereocenters. The van der Waals surface area contributed by atoms with E-state index >= 15 is 0 Å². The highest BCUT2D eigenvalue weighted by atomic mass is 32.2. The predicted octanol–water partition coefficient (Wildman–Crippen LogP) is 4.15. The van der Waals surface area contributed by atoms with Crippen LogP contribution in [0.4, 0.5) is 0 Å². The molecule has 4 nitrogen and oxygen atoms in total. The molecule has 0 saturated carbocycles. The standard InChI is InChI=1S/C23H30N2O2S/c1-3-16-24-23(27)19(2)25(17-14-20-10-6-4-7-11-20)22(26)15-18-28-21-12-8-5-9-13-21/h4-13,19H,3,14-18H2,1-2H3,(H,24,27)/t19-/m0/s1. The first kappa shape index (κ1) is 22.0. The summed E-state index contributed by atoms with van der Waals surface area (Å²) in [6.45, 7) is 5.01. The molecule has 0 heterocycles. The molecule has 0 fully saturated rings. The van der Waals surface area contributed by atoms with E-state index in [4.69, 9.17) is 0 Å². The lowest BCUT2D eigenvalue weighted by Gasteiger charge is -2.28. The largest absolute Gasteiger partial charge is 0.354 e. The highest BCUT2D eigenvalue weighted by molar-refractivity contribution is 7.99. The minimum absolute atomic E-state index is 0.0264. The maximum absolute atomic E-state index is 12.9. The van der Waals surface area contributed by atoms with Crippen molar-refractivity contribution in [2.75, 3.05) is 18.8 Å². The fraction of sp³-hybridized carbons (Fsp3) is 0.391. The number of nitrogens with one attached hydrogen (secondary N) is 1. The molecule has 0 bridgehead atoms. The molecule has 0 aliphatic carbocycles. The van der Waals surface area contributed by atoms with E-state index in [1.807, 2.05) is 62.4 Å². The van der Waals surface area contributed by atoms with Gasteiger partial charge >= 0.3 is 0 Å². The van der Waals surface area contributed by atoms with Gasteiger partial charge in [0, 0.05) is 30.2 Å². The fourth-order valence-electron chi connectivity index (χ4n) is 2.88. The second kappa shape index (κ2) is 12.2. The number of hydrogen-bond acceptors (Lipinski definition) is 3. The molecule has 0 unspecified atom stereocenters. The molecular weight excluding hydrogens is 368 g/mol. The lowest BCUT2D eigenvalue weighted by molar-refractivity contribution is -0.139. The molecule has 28 heavy (non-hydrogen) atoms. The molecule has 2 amide bonds. The third kappa shape index (κ3) is 7.39. The summed E-state index contributed by atoms with van der Waals surface area (Å²) in [6, 6.07) is 19.7. The van der Waals surface area contributed by atoms with E-state index in [9.17, 15) is 9.59 Å². The van der Waals surface area contributed by atoms with Crippen molar-refractivity contribution in [3.05, 3.63) is 66.2 Å². The Bertz CT molecular complexity index is 722. The van der Waals surface area contributed by atoms with Crippen LogP contribution in [0.2, 0.25) is 0 Å². The Balaban J connectivity index is 1.96. The number of rotatable bonds is 11. The molecule has 0 aromatic heterocycles. The minimum Gasteiger partial charge on any atom is -0.354 e. The van der Waals surface area contributed by atoms with Crippen molar-refractivity contribution in [3.63, 3.8) is 0 Å². The molecule has 0 aliphatic rings. The topological polar surface area (TPSA) is 49.4 Å². The molecule has 0 saturated heterocycles. The fourth-order valence-corrected chi connectivity index (χ4v) is 3.74. The van der Waals surface area contributed by atoms with Crippen molar-refractivity contribution in [2.24, 2.45) is 0 Å². The number of thioether (sulfide) groups is 1. The van der Waals surface area contributed by atoms with Crippen LogP contribution >= 0.6 is 11.8 Å². The van der Waals surface area contributed by atoms with Crippen LogP contribution in [0.5, 0.6) is 0 Å². The van der Waals surface area contributed by atoms with E-state index in [1.165, 1.54) is 5.56 Å². The maximum Gasteiger partial charge on any atom is 0.242 e. The maximum atomic E-state index is 12.9. The monoisotopic (exact) mass is 398 g/mol. The van der Waals surface area contributed by atoms with Crippen molar-refractivity contribution in [1.29, 1.82) is 0 Å². The van der Waals surface area contributed by atoms with E-state index < -0.39 is 6.04 Å². The Hall–Kier alpha value is -2.27. The molecule has 2 aromatic carbocycles. The summed E-state index contributed by atoms with van der Waals surface area (Å²) in [6.07, 6.45) is 2.04. The summed E-state index contributed by atoms with van der Waals surface area (Å²) in [5.74, 6) is 0.644. The SMILES string of the molecule is CCCNC(=O)[C@H](C)N(CCc1ccccc1)C(=O)CCSc1ccccc1. The molecule has 0 radical (unpaired) electrons. The van der Waals surface area contributed by atoms with E-state index in [0.29, 0.717) is 25.3 Å². The molecule has 0 spiro atoms. The van der Waals surface area contributed by atoms with Crippen LogP contribution in [-0.4, -0.2) is 41.6 Å². The summed E-state index contributed by atoms with van der Waals surface area (Å²) < 4.78 is 0. The van der Waals surface area contributed by atoms with Crippen molar-refractivity contribution in [3.8, 4) is 0 Å². The van der Waals surface area contributed by atoms with Crippen molar-refractivity contribution in [1.82, 2.24) is 10.2 Å². The summed E-state index contributed by atoms with van der Waals surface area (Å²) in [7, 11) is 0. The molecule has 1 N–H and O–H groups in total. The summed E-state index contributed by atoms with van der Waals surface area (Å²) in [5, 5.41) is 2.91. The van der Waals surface area contributed by atoms with Crippen molar-refractivity contribution < 1.29 is 9.59 Å². The number of amides is 2. The highest BCUT2D eigenvalue weighted by Crippen LogP contribution is 2.18. The normalized spacial score (nSPS) is 11.6. The van der Waals surface area contributed by atoms with Gasteiger partial charge in [0.25, 0.3) is 0 Å². The third-order valence-electron chi connectivity index (χ3n) is 4.53. The van der Waals surface area contributed by atoms with E-state index in [2.05, 4.69) is 17.4 Å². The van der Waals surface area contributed by atoms with Gasteiger partial charge in [-0.1, -0.05) is 55.5 Å². The van der Waals surface area contributed by atoms with Gasteiger partial charge in [0.2, 0.25) is 11.8 Å². The van der Waals surface area contributed by atoms with Gasteiger partial charge < -0.3 is 10.2 Å². The number of hydrogen-bond donors (Lipinski definition) is 1. The van der Waals surface area contributed by atoms with Crippen LogP contribution in [0.25, 0.3) is 0 Å². The number of carbonyl (C=O) groups is 2. The first-order chi connectivity index (χ1) is 13.6. The van der Waals surface area contributed by atoms with Crippen LogP contribution in [-0.2, 0) is 16.0 Å². The lowest BCUT2D eigenvalue weighted by Crippen LogP contribution is -2.49.